The zero-order valence-corrected chi connectivity index (χ0v) is 10.3. The molecule has 0 aliphatic carbocycles. The minimum Gasteiger partial charge on any atom is -0.480 e. The van der Waals surface area contributed by atoms with Crippen LogP contribution in [0.15, 0.2) is 24.3 Å². The van der Waals surface area contributed by atoms with E-state index in [0.717, 1.165) is 11.1 Å². The monoisotopic (exact) mass is 235 g/mol. The highest BCUT2D eigenvalue weighted by atomic mass is 16.4. The summed E-state index contributed by atoms with van der Waals surface area (Å²) in [4.78, 5) is 23.8. The Bertz CT molecular complexity index is 411. The number of carboxylic acid groups (broad SMARTS) is 1. The Labute approximate surface area is 101 Å². The molecule has 0 bridgehead atoms. The number of amides is 1. The molecule has 92 valence electrons. The maximum Gasteiger partial charge on any atom is 0.326 e. The van der Waals surface area contributed by atoms with Crippen LogP contribution >= 0.6 is 0 Å². The van der Waals surface area contributed by atoms with Gasteiger partial charge in [0.1, 0.15) is 6.04 Å². The zero-order valence-electron chi connectivity index (χ0n) is 10.3. The molecule has 1 unspecified atom stereocenters. The molecule has 0 saturated carbocycles. The summed E-state index contributed by atoms with van der Waals surface area (Å²) in [5, 5.41) is 8.81. The third-order valence-corrected chi connectivity index (χ3v) is 2.81. The van der Waals surface area contributed by atoms with E-state index in [4.69, 9.17) is 5.11 Å². The molecule has 0 saturated heterocycles. The standard InChI is InChI=1S/C13H17NO3/c1-9-4-6-11(7-5-9)8-12(15)14(3)10(2)13(16)17/h4-7,10H,8H2,1-3H3,(H,16,17). The molecule has 4 heteroatoms. The third-order valence-electron chi connectivity index (χ3n) is 2.81. The fourth-order valence-electron chi connectivity index (χ4n) is 1.39. The van der Waals surface area contributed by atoms with E-state index in [1.165, 1.54) is 18.9 Å². The Hall–Kier alpha value is -1.84. The summed E-state index contributed by atoms with van der Waals surface area (Å²) in [7, 11) is 1.51. The van der Waals surface area contributed by atoms with Crippen molar-refractivity contribution in [1.82, 2.24) is 4.90 Å². The lowest BCUT2D eigenvalue weighted by Gasteiger charge is -2.21. The normalized spacial score (nSPS) is 11.9. The summed E-state index contributed by atoms with van der Waals surface area (Å²) >= 11 is 0. The van der Waals surface area contributed by atoms with Crippen LogP contribution in [0.1, 0.15) is 18.1 Å². The van der Waals surface area contributed by atoms with Gasteiger partial charge in [0.2, 0.25) is 5.91 Å². The lowest BCUT2D eigenvalue weighted by atomic mass is 10.1. The fraction of sp³-hybridized carbons (Fsp3) is 0.385. The maximum absolute atomic E-state index is 11.8. The van der Waals surface area contributed by atoms with Gasteiger partial charge in [-0.1, -0.05) is 29.8 Å². The van der Waals surface area contributed by atoms with Gasteiger partial charge in [-0.15, -0.1) is 0 Å². The zero-order chi connectivity index (χ0) is 13.0. The number of likely N-dealkylation sites (N-methyl/N-ethyl adjacent to an activating group) is 1. The van der Waals surface area contributed by atoms with Crippen molar-refractivity contribution in [2.45, 2.75) is 26.3 Å². The molecule has 0 aliphatic heterocycles. The van der Waals surface area contributed by atoms with Crippen molar-refractivity contribution in [1.29, 1.82) is 0 Å². The lowest BCUT2D eigenvalue weighted by Crippen LogP contribution is -2.41. The minimum atomic E-state index is -0.996. The quantitative estimate of drug-likeness (QED) is 0.859. The first-order valence-corrected chi connectivity index (χ1v) is 5.46. The van der Waals surface area contributed by atoms with Crippen molar-refractivity contribution in [2.24, 2.45) is 0 Å². The first-order valence-electron chi connectivity index (χ1n) is 5.46. The minimum absolute atomic E-state index is 0.191. The number of aliphatic carboxylic acids is 1. The molecule has 0 radical (unpaired) electrons. The van der Waals surface area contributed by atoms with Crippen LogP contribution in [-0.2, 0) is 16.0 Å². The van der Waals surface area contributed by atoms with Crippen LogP contribution in [0, 0.1) is 6.92 Å². The van der Waals surface area contributed by atoms with Gasteiger partial charge in [-0.3, -0.25) is 4.79 Å². The second kappa shape index (κ2) is 5.48. The summed E-state index contributed by atoms with van der Waals surface area (Å²) in [5.74, 6) is -1.19. The Kier molecular flexibility index (Phi) is 4.26. The average Bonchev–Trinajstić information content (AvgIpc) is 2.30. The number of carboxylic acids is 1. The van der Waals surface area contributed by atoms with Crippen LogP contribution in [0.3, 0.4) is 0 Å². The molecule has 1 atom stereocenters. The molecule has 1 aromatic rings. The van der Waals surface area contributed by atoms with Crippen LogP contribution < -0.4 is 0 Å². The van der Waals surface area contributed by atoms with Crippen LogP contribution in [0.4, 0.5) is 0 Å². The Morgan fingerprint density at radius 1 is 1.29 bits per heavy atom. The lowest BCUT2D eigenvalue weighted by molar-refractivity contribution is -0.147. The first kappa shape index (κ1) is 13.2. The van der Waals surface area contributed by atoms with Crippen molar-refractivity contribution >= 4 is 11.9 Å². The van der Waals surface area contributed by atoms with Crippen molar-refractivity contribution in [3.05, 3.63) is 35.4 Å². The number of carbonyl (C=O) groups excluding carboxylic acids is 1. The van der Waals surface area contributed by atoms with E-state index in [1.54, 1.807) is 0 Å². The predicted octanol–water partition coefficient (Wildman–Crippen LogP) is 1.47. The average molecular weight is 235 g/mol. The summed E-state index contributed by atoms with van der Waals surface area (Å²) in [5.41, 5.74) is 2.03. The summed E-state index contributed by atoms with van der Waals surface area (Å²) in [6.07, 6.45) is 0.231. The van der Waals surface area contributed by atoms with E-state index >= 15 is 0 Å². The van der Waals surface area contributed by atoms with Crippen LogP contribution in [-0.4, -0.2) is 35.0 Å². The Morgan fingerprint density at radius 3 is 2.29 bits per heavy atom. The molecular formula is C13H17NO3. The van der Waals surface area contributed by atoms with E-state index in [9.17, 15) is 9.59 Å². The number of benzene rings is 1. The second-order valence-electron chi connectivity index (χ2n) is 4.18. The summed E-state index contributed by atoms with van der Waals surface area (Å²) < 4.78 is 0. The largest absolute Gasteiger partial charge is 0.480 e. The van der Waals surface area contributed by atoms with Gasteiger partial charge in [-0.2, -0.15) is 0 Å². The highest BCUT2D eigenvalue weighted by Crippen LogP contribution is 2.07. The SMILES string of the molecule is Cc1ccc(CC(=O)N(C)C(C)C(=O)O)cc1. The van der Waals surface area contributed by atoms with Crippen molar-refractivity contribution < 1.29 is 14.7 Å². The molecule has 1 rings (SSSR count). The van der Waals surface area contributed by atoms with Gasteiger partial charge < -0.3 is 10.0 Å². The number of carbonyl (C=O) groups is 2. The molecule has 1 aromatic carbocycles. The molecule has 1 amide bonds. The van der Waals surface area contributed by atoms with Gasteiger partial charge in [0.05, 0.1) is 6.42 Å². The predicted molar refractivity (Wildman–Crippen MR) is 64.8 cm³/mol. The fourth-order valence-corrected chi connectivity index (χ4v) is 1.39. The summed E-state index contributed by atoms with van der Waals surface area (Å²) in [6, 6.07) is 6.83. The van der Waals surface area contributed by atoms with Crippen LogP contribution in [0.2, 0.25) is 0 Å². The highest BCUT2D eigenvalue weighted by molar-refractivity contribution is 5.84. The summed E-state index contributed by atoms with van der Waals surface area (Å²) in [6.45, 7) is 3.47. The Morgan fingerprint density at radius 2 is 1.82 bits per heavy atom. The van der Waals surface area contributed by atoms with Gasteiger partial charge in [0.15, 0.2) is 0 Å². The molecule has 0 aliphatic rings. The molecule has 17 heavy (non-hydrogen) atoms. The third kappa shape index (κ3) is 3.59. The van der Waals surface area contributed by atoms with E-state index in [1.807, 2.05) is 31.2 Å². The Balaban J connectivity index is 2.66. The number of hydrogen-bond donors (Lipinski definition) is 1. The molecule has 0 fully saturated rings. The van der Waals surface area contributed by atoms with Gasteiger partial charge in [-0.25, -0.2) is 4.79 Å². The number of rotatable bonds is 4. The van der Waals surface area contributed by atoms with Gasteiger partial charge >= 0.3 is 5.97 Å². The van der Waals surface area contributed by atoms with Gasteiger partial charge in [-0.05, 0) is 19.4 Å². The van der Waals surface area contributed by atoms with E-state index in [0.29, 0.717) is 0 Å². The molecule has 0 aromatic heterocycles. The number of hydrogen-bond acceptors (Lipinski definition) is 2. The van der Waals surface area contributed by atoms with Crippen molar-refractivity contribution in [3.63, 3.8) is 0 Å². The number of aryl methyl sites for hydroxylation is 1. The van der Waals surface area contributed by atoms with Crippen LogP contribution in [0.5, 0.6) is 0 Å². The first-order chi connectivity index (χ1) is 7.91. The molecule has 0 spiro atoms. The van der Waals surface area contributed by atoms with Crippen LogP contribution in [0.25, 0.3) is 0 Å². The van der Waals surface area contributed by atoms with E-state index in [2.05, 4.69) is 0 Å². The van der Waals surface area contributed by atoms with Gasteiger partial charge in [0, 0.05) is 7.05 Å². The highest BCUT2D eigenvalue weighted by Gasteiger charge is 2.21. The smallest absolute Gasteiger partial charge is 0.326 e. The topological polar surface area (TPSA) is 57.6 Å². The molecule has 1 N–H and O–H groups in total. The molecular weight excluding hydrogens is 218 g/mol. The maximum atomic E-state index is 11.8. The van der Waals surface area contributed by atoms with E-state index < -0.39 is 12.0 Å². The van der Waals surface area contributed by atoms with Crippen molar-refractivity contribution in [3.8, 4) is 0 Å². The molecule has 0 heterocycles. The van der Waals surface area contributed by atoms with Crippen molar-refractivity contribution in [2.75, 3.05) is 7.05 Å². The van der Waals surface area contributed by atoms with Gasteiger partial charge in [0.25, 0.3) is 0 Å². The van der Waals surface area contributed by atoms with E-state index in [-0.39, 0.29) is 12.3 Å². The molecule has 4 nitrogen and oxygen atoms in total. The second-order valence-corrected chi connectivity index (χ2v) is 4.18. The number of nitrogens with zero attached hydrogens (tertiary/aromatic N) is 1.